The number of hydrogen-bond acceptors (Lipinski definition) is 5. The average molecular weight is 401 g/mol. The van der Waals surface area contributed by atoms with E-state index in [9.17, 15) is 14.0 Å². The number of methoxy groups -OCH3 is 1. The maximum atomic E-state index is 13.0. The third-order valence-electron chi connectivity index (χ3n) is 3.77. The van der Waals surface area contributed by atoms with E-state index in [1.54, 1.807) is 30.3 Å². The Hall–Kier alpha value is -3.42. The molecule has 0 aromatic heterocycles. The van der Waals surface area contributed by atoms with Crippen LogP contribution in [0.5, 0.6) is 11.5 Å². The summed E-state index contributed by atoms with van der Waals surface area (Å²) >= 11 is 0. The van der Waals surface area contributed by atoms with Gasteiger partial charge in [0.1, 0.15) is 12.4 Å². The summed E-state index contributed by atoms with van der Waals surface area (Å²) in [5, 5.41) is 6.33. The van der Waals surface area contributed by atoms with Crippen molar-refractivity contribution in [2.75, 3.05) is 13.7 Å². The SMILES string of the molecule is COc1cccc(/C=N\NC(=O)C(=O)NCC(C)C)c1OCc1ccc(F)cc1. The van der Waals surface area contributed by atoms with E-state index in [2.05, 4.69) is 15.8 Å². The van der Waals surface area contributed by atoms with E-state index >= 15 is 0 Å². The van der Waals surface area contributed by atoms with Gasteiger partial charge < -0.3 is 14.8 Å². The van der Waals surface area contributed by atoms with Crippen LogP contribution in [0.2, 0.25) is 0 Å². The molecule has 0 radical (unpaired) electrons. The van der Waals surface area contributed by atoms with Crippen LogP contribution in [0.15, 0.2) is 47.6 Å². The number of hydrazone groups is 1. The van der Waals surface area contributed by atoms with Gasteiger partial charge in [0.05, 0.1) is 13.3 Å². The molecule has 0 bridgehead atoms. The summed E-state index contributed by atoms with van der Waals surface area (Å²) in [6, 6.07) is 11.1. The number of carbonyl (C=O) groups excluding carboxylic acids is 2. The second-order valence-electron chi connectivity index (χ2n) is 6.60. The van der Waals surface area contributed by atoms with Gasteiger partial charge in [0.25, 0.3) is 0 Å². The smallest absolute Gasteiger partial charge is 0.329 e. The molecule has 2 rings (SSSR count). The lowest BCUT2D eigenvalue weighted by Gasteiger charge is -2.13. The fourth-order valence-electron chi connectivity index (χ4n) is 2.27. The number of hydrogen-bond donors (Lipinski definition) is 2. The van der Waals surface area contributed by atoms with Crippen LogP contribution in [0.1, 0.15) is 25.0 Å². The zero-order valence-electron chi connectivity index (χ0n) is 16.6. The Bertz CT molecular complexity index is 867. The highest BCUT2D eigenvalue weighted by atomic mass is 19.1. The summed E-state index contributed by atoms with van der Waals surface area (Å²) in [6.07, 6.45) is 1.36. The molecule has 0 aliphatic carbocycles. The van der Waals surface area contributed by atoms with Gasteiger partial charge in [0.15, 0.2) is 11.5 Å². The second-order valence-corrected chi connectivity index (χ2v) is 6.60. The molecule has 2 aromatic carbocycles. The molecule has 7 nitrogen and oxygen atoms in total. The van der Waals surface area contributed by atoms with Crippen molar-refractivity contribution < 1.29 is 23.5 Å². The maximum Gasteiger partial charge on any atom is 0.329 e. The number of carbonyl (C=O) groups is 2. The second kappa shape index (κ2) is 10.8. The number of para-hydroxylation sites is 1. The first-order valence-corrected chi connectivity index (χ1v) is 9.06. The van der Waals surface area contributed by atoms with Crippen LogP contribution < -0.4 is 20.2 Å². The predicted molar refractivity (Wildman–Crippen MR) is 107 cm³/mol. The number of rotatable bonds is 8. The Labute approximate surface area is 168 Å². The average Bonchev–Trinajstić information content (AvgIpc) is 2.71. The summed E-state index contributed by atoms with van der Waals surface area (Å²) in [5.74, 6) is -0.841. The van der Waals surface area contributed by atoms with Crippen LogP contribution in [0.25, 0.3) is 0 Å². The number of nitrogens with zero attached hydrogens (tertiary/aromatic N) is 1. The van der Waals surface area contributed by atoms with Gasteiger partial charge in [-0.05, 0) is 35.7 Å². The molecule has 8 heteroatoms. The molecule has 0 unspecified atom stereocenters. The molecule has 2 N–H and O–H groups in total. The molecular weight excluding hydrogens is 377 g/mol. The first-order valence-electron chi connectivity index (χ1n) is 9.06. The third-order valence-corrected chi connectivity index (χ3v) is 3.77. The van der Waals surface area contributed by atoms with Crippen molar-refractivity contribution in [3.05, 3.63) is 59.4 Å². The van der Waals surface area contributed by atoms with E-state index in [4.69, 9.17) is 9.47 Å². The number of amides is 2. The van der Waals surface area contributed by atoms with Gasteiger partial charge in [0.2, 0.25) is 0 Å². The first-order chi connectivity index (χ1) is 13.9. The standard InChI is InChI=1S/C21H24FN3O4/c1-14(2)11-23-20(26)21(27)25-24-12-16-5-4-6-18(28-3)19(16)29-13-15-7-9-17(22)10-8-15/h4-10,12,14H,11,13H2,1-3H3,(H,23,26)(H,25,27)/b24-12-. The quantitative estimate of drug-likeness (QED) is 0.404. The number of benzene rings is 2. The van der Waals surface area contributed by atoms with Crippen molar-refractivity contribution in [2.45, 2.75) is 20.5 Å². The minimum atomic E-state index is -0.862. The van der Waals surface area contributed by atoms with Crippen LogP contribution >= 0.6 is 0 Å². The molecular formula is C21H24FN3O4. The molecule has 2 aromatic rings. The zero-order chi connectivity index (χ0) is 21.2. The monoisotopic (exact) mass is 401 g/mol. The molecule has 0 fully saturated rings. The molecule has 0 spiro atoms. The highest BCUT2D eigenvalue weighted by Gasteiger charge is 2.13. The summed E-state index contributed by atoms with van der Waals surface area (Å²) < 4.78 is 24.2. The normalized spacial score (nSPS) is 10.8. The van der Waals surface area contributed by atoms with Crippen molar-refractivity contribution >= 4 is 18.0 Å². The van der Waals surface area contributed by atoms with Crippen LogP contribution in [0.3, 0.4) is 0 Å². The number of ether oxygens (including phenoxy) is 2. The van der Waals surface area contributed by atoms with Crippen molar-refractivity contribution in [3.63, 3.8) is 0 Å². The Morgan fingerprint density at radius 3 is 2.52 bits per heavy atom. The van der Waals surface area contributed by atoms with Crippen molar-refractivity contribution in [1.29, 1.82) is 0 Å². The molecule has 0 atom stereocenters. The zero-order valence-corrected chi connectivity index (χ0v) is 16.6. The largest absolute Gasteiger partial charge is 0.493 e. The molecule has 154 valence electrons. The lowest BCUT2D eigenvalue weighted by Crippen LogP contribution is -2.39. The van der Waals surface area contributed by atoms with E-state index in [0.29, 0.717) is 23.6 Å². The summed E-state index contributed by atoms with van der Waals surface area (Å²) in [7, 11) is 1.50. The van der Waals surface area contributed by atoms with Gasteiger partial charge in [0, 0.05) is 12.1 Å². The van der Waals surface area contributed by atoms with Gasteiger partial charge in [-0.2, -0.15) is 5.10 Å². The lowest BCUT2D eigenvalue weighted by molar-refractivity contribution is -0.139. The van der Waals surface area contributed by atoms with Crippen LogP contribution in [0.4, 0.5) is 4.39 Å². The van der Waals surface area contributed by atoms with E-state index < -0.39 is 11.8 Å². The predicted octanol–water partition coefficient (Wildman–Crippen LogP) is 2.64. The molecule has 29 heavy (non-hydrogen) atoms. The van der Waals surface area contributed by atoms with Gasteiger partial charge in [-0.15, -0.1) is 0 Å². The maximum absolute atomic E-state index is 13.0. The Kier molecular flexibility index (Phi) is 8.14. The molecule has 0 saturated heterocycles. The van der Waals surface area contributed by atoms with Gasteiger partial charge in [-0.25, -0.2) is 9.82 Å². The van der Waals surface area contributed by atoms with E-state index in [-0.39, 0.29) is 18.3 Å². The first kappa shape index (κ1) is 21.9. The van der Waals surface area contributed by atoms with Gasteiger partial charge >= 0.3 is 11.8 Å². The van der Waals surface area contributed by atoms with Gasteiger partial charge in [-0.3, -0.25) is 9.59 Å². The van der Waals surface area contributed by atoms with Crippen molar-refractivity contribution in [1.82, 2.24) is 10.7 Å². The summed E-state index contributed by atoms with van der Waals surface area (Å²) in [4.78, 5) is 23.4. The third kappa shape index (κ3) is 6.91. The van der Waals surface area contributed by atoms with Crippen molar-refractivity contribution in [3.8, 4) is 11.5 Å². The lowest BCUT2D eigenvalue weighted by atomic mass is 10.2. The molecule has 2 amide bonds. The highest BCUT2D eigenvalue weighted by molar-refractivity contribution is 6.35. The minimum Gasteiger partial charge on any atom is -0.493 e. The number of halogens is 1. The van der Waals surface area contributed by atoms with Crippen LogP contribution in [-0.2, 0) is 16.2 Å². The summed E-state index contributed by atoms with van der Waals surface area (Å²) in [6.45, 7) is 4.43. The minimum absolute atomic E-state index is 0.186. The molecule has 0 heterocycles. The Morgan fingerprint density at radius 1 is 1.14 bits per heavy atom. The van der Waals surface area contributed by atoms with Crippen LogP contribution in [0, 0.1) is 11.7 Å². The van der Waals surface area contributed by atoms with Crippen molar-refractivity contribution in [2.24, 2.45) is 11.0 Å². The van der Waals surface area contributed by atoms with Gasteiger partial charge in [-0.1, -0.05) is 32.0 Å². The van der Waals surface area contributed by atoms with E-state index in [0.717, 1.165) is 5.56 Å². The highest BCUT2D eigenvalue weighted by Crippen LogP contribution is 2.30. The molecule has 0 aliphatic rings. The Morgan fingerprint density at radius 2 is 1.86 bits per heavy atom. The molecule has 0 saturated carbocycles. The topological polar surface area (TPSA) is 89.0 Å². The van der Waals surface area contributed by atoms with Crippen LogP contribution in [-0.4, -0.2) is 31.7 Å². The fraction of sp³-hybridized carbons (Fsp3) is 0.286. The van der Waals surface area contributed by atoms with E-state index in [1.165, 1.54) is 25.5 Å². The number of nitrogens with one attached hydrogen (secondary N) is 2. The summed E-state index contributed by atoms with van der Waals surface area (Å²) in [5.41, 5.74) is 3.49. The fourth-order valence-corrected chi connectivity index (χ4v) is 2.27. The molecule has 0 aliphatic heterocycles. The van der Waals surface area contributed by atoms with E-state index in [1.807, 2.05) is 13.8 Å². The Balaban J connectivity index is 2.05.